The van der Waals surface area contributed by atoms with E-state index in [4.69, 9.17) is 28.9 Å². The molecule has 6 heteroatoms. The Morgan fingerprint density at radius 2 is 1.86 bits per heavy atom. The van der Waals surface area contributed by atoms with E-state index in [1.165, 1.54) is 0 Å². The lowest BCUT2D eigenvalue weighted by Gasteiger charge is -2.18. The third-order valence-corrected chi connectivity index (χ3v) is 3.52. The fraction of sp³-hybridized carbons (Fsp3) is 0.133. The zero-order valence-corrected chi connectivity index (χ0v) is 12.9. The van der Waals surface area contributed by atoms with Crippen LogP contribution in [-0.4, -0.2) is 6.03 Å². The molecule has 4 nitrogen and oxygen atoms in total. The van der Waals surface area contributed by atoms with Crippen molar-refractivity contribution in [2.24, 2.45) is 5.73 Å². The number of carbonyl (C=O) groups excluding carboxylic acids is 1. The van der Waals surface area contributed by atoms with Crippen molar-refractivity contribution in [3.05, 3.63) is 58.1 Å². The number of anilines is 2. The number of nitrogens with one attached hydrogen (secondary N) is 2. The summed E-state index contributed by atoms with van der Waals surface area (Å²) in [5.41, 5.74) is 7.46. The van der Waals surface area contributed by atoms with Gasteiger partial charge in [-0.05, 0) is 48.9 Å². The summed E-state index contributed by atoms with van der Waals surface area (Å²) in [4.78, 5) is 10.9. The summed E-state index contributed by atoms with van der Waals surface area (Å²) in [5, 5.41) is 7.11. The number of hydrogen-bond acceptors (Lipinski definition) is 2. The molecule has 0 aliphatic carbocycles. The largest absolute Gasteiger partial charge is 0.378 e. The van der Waals surface area contributed by atoms with E-state index in [0.717, 1.165) is 11.3 Å². The molecule has 110 valence electrons. The van der Waals surface area contributed by atoms with Gasteiger partial charge in [0, 0.05) is 21.4 Å². The van der Waals surface area contributed by atoms with Gasteiger partial charge in [0.05, 0.1) is 6.04 Å². The summed E-state index contributed by atoms with van der Waals surface area (Å²) in [7, 11) is 0. The first-order valence-electron chi connectivity index (χ1n) is 6.33. The van der Waals surface area contributed by atoms with Gasteiger partial charge in [-0.25, -0.2) is 4.79 Å². The standard InChI is InChI=1S/C15H15Cl2N3O/c1-9(13-7-10(16)5-6-14(13)17)19-11-3-2-4-12(8-11)20-15(18)21/h2-9,19H,1H3,(H3,18,20,21). The first-order chi connectivity index (χ1) is 9.95. The minimum Gasteiger partial charge on any atom is -0.378 e. The van der Waals surface area contributed by atoms with Crippen LogP contribution in [0.15, 0.2) is 42.5 Å². The predicted molar refractivity (Wildman–Crippen MR) is 88.1 cm³/mol. The van der Waals surface area contributed by atoms with Gasteiger partial charge >= 0.3 is 6.03 Å². The number of amides is 2. The summed E-state index contributed by atoms with van der Waals surface area (Å²) in [5.74, 6) is 0. The van der Waals surface area contributed by atoms with Gasteiger partial charge in [-0.3, -0.25) is 0 Å². The highest BCUT2D eigenvalue weighted by atomic mass is 35.5. The molecule has 1 atom stereocenters. The lowest BCUT2D eigenvalue weighted by atomic mass is 10.1. The highest BCUT2D eigenvalue weighted by Crippen LogP contribution is 2.29. The zero-order chi connectivity index (χ0) is 15.4. The number of primary amides is 1. The second kappa shape index (κ2) is 6.70. The monoisotopic (exact) mass is 323 g/mol. The lowest BCUT2D eigenvalue weighted by molar-refractivity contribution is 0.259. The molecule has 2 aromatic rings. The normalized spacial score (nSPS) is 11.8. The number of benzene rings is 2. The molecule has 0 heterocycles. The van der Waals surface area contributed by atoms with Gasteiger partial charge in [0.15, 0.2) is 0 Å². The quantitative estimate of drug-likeness (QED) is 0.766. The third kappa shape index (κ3) is 4.28. The Bertz CT molecular complexity index is 661. The van der Waals surface area contributed by atoms with E-state index in [2.05, 4.69) is 10.6 Å². The molecule has 0 spiro atoms. The second-order valence-corrected chi connectivity index (χ2v) is 5.45. The van der Waals surface area contributed by atoms with Crippen molar-refractivity contribution in [3.63, 3.8) is 0 Å². The first kappa shape index (κ1) is 15.5. The molecule has 1 unspecified atom stereocenters. The Labute approximate surface area is 133 Å². The second-order valence-electron chi connectivity index (χ2n) is 4.60. The van der Waals surface area contributed by atoms with E-state index in [-0.39, 0.29) is 6.04 Å². The summed E-state index contributed by atoms with van der Waals surface area (Å²) in [6.07, 6.45) is 0. The minimum absolute atomic E-state index is 0.0416. The van der Waals surface area contributed by atoms with Crippen molar-refractivity contribution in [1.29, 1.82) is 0 Å². The molecule has 0 bridgehead atoms. The van der Waals surface area contributed by atoms with Crippen LogP contribution < -0.4 is 16.4 Å². The molecule has 0 saturated heterocycles. The smallest absolute Gasteiger partial charge is 0.316 e. The molecule has 21 heavy (non-hydrogen) atoms. The van der Waals surface area contributed by atoms with Crippen molar-refractivity contribution in [3.8, 4) is 0 Å². The molecule has 2 amide bonds. The van der Waals surface area contributed by atoms with Crippen LogP contribution in [-0.2, 0) is 0 Å². The fourth-order valence-corrected chi connectivity index (χ4v) is 2.46. The molecule has 4 N–H and O–H groups in total. The molecule has 2 aromatic carbocycles. The SMILES string of the molecule is CC(Nc1cccc(NC(N)=O)c1)c1cc(Cl)ccc1Cl. The maximum Gasteiger partial charge on any atom is 0.316 e. The Morgan fingerprint density at radius 3 is 2.57 bits per heavy atom. The van der Waals surface area contributed by atoms with E-state index < -0.39 is 6.03 Å². The average molecular weight is 324 g/mol. The summed E-state index contributed by atoms with van der Waals surface area (Å²) in [6.45, 7) is 1.98. The van der Waals surface area contributed by atoms with Gasteiger partial charge in [-0.15, -0.1) is 0 Å². The highest BCUT2D eigenvalue weighted by molar-refractivity contribution is 6.33. The van der Waals surface area contributed by atoms with E-state index in [0.29, 0.717) is 15.7 Å². The average Bonchev–Trinajstić information content (AvgIpc) is 2.41. The number of rotatable bonds is 4. The van der Waals surface area contributed by atoms with Crippen molar-refractivity contribution in [2.45, 2.75) is 13.0 Å². The van der Waals surface area contributed by atoms with Crippen LogP contribution in [0.3, 0.4) is 0 Å². The number of nitrogens with two attached hydrogens (primary N) is 1. The molecular formula is C15H15Cl2N3O. The molecule has 0 radical (unpaired) electrons. The Hall–Kier alpha value is -1.91. The van der Waals surface area contributed by atoms with Gasteiger partial charge in [0.25, 0.3) is 0 Å². The van der Waals surface area contributed by atoms with Crippen LogP contribution in [0.4, 0.5) is 16.2 Å². The summed E-state index contributed by atoms with van der Waals surface area (Å²) in [6, 6.07) is 12.0. The number of halogens is 2. The van der Waals surface area contributed by atoms with E-state index >= 15 is 0 Å². The van der Waals surface area contributed by atoms with Gasteiger partial charge in [0.1, 0.15) is 0 Å². The number of carbonyl (C=O) groups is 1. The zero-order valence-electron chi connectivity index (χ0n) is 11.4. The van der Waals surface area contributed by atoms with E-state index in [1.807, 2.05) is 25.1 Å². The minimum atomic E-state index is -0.599. The van der Waals surface area contributed by atoms with Crippen molar-refractivity contribution < 1.29 is 4.79 Å². The molecule has 0 aromatic heterocycles. The third-order valence-electron chi connectivity index (χ3n) is 2.94. The molecule has 0 aliphatic heterocycles. The van der Waals surface area contributed by atoms with Crippen LogP contribution in [0.2, 0.25) is 10.0 Å². The van der Waals surface area contributed by atoms with Crippen LogP contribution >= 0.6 is 23.2 Å². The topological polar surface area (TPSA) is 67.2 Å². The van der Waals surface area contributed by atoms with Crippen LogP contribution in [0.5, 0.6) is 0 Å². The maximum absolute atomic E-state index is 10.9. The Morgan fingerprint density at radius 1 is 1.14 bits per heavy atom. The number of hydrogen-bond donors (Lipinski definition) is 3. The van der Waals surface area contributed by atoms with Gasteiger partial charge in [-0.1, -0.05) is 29.3 Å². The Balaban J connectivity index is 2.17. The number of urea groups is 1. The first-order valence-corrected chi connectivity index (χ1v) is 7.09. The van der Waals surface area contributed by atoms with Gasteiger partial charge in [0.2, 0.25) is 0 Å². The van der Waals surface area contributed by atoms with Gasteiger partial charge < -0.3 is 16.4 Å². The highest BCUT2D eigenvalue weighted by Gasteiger charge is 2.10. The predicted octanol–water partition coefficient (Wildman–Crippen LogP) is 4.66. The van der Waals surface area contributed by atoms with E-state index in [1.54, 1.807) is 24.3 Å². The molecule has 2 rings (SSSR count). The van der Waals surface area contributed by atoms with Gasteiger partial charge in [-0.2, -0.15) is 0 Å². The summed E-state index contributed by atoms with van der Waals surface area (Å²) < 4.78 is 0. The van der Waals surface area contributed by atoms with Crippen molar-refractivity contribution in [1.82, 2.24) is 0 Å². The Kier molecular flexibility index (Phi) is 4.94. The molecular weight excluding hydrogens is 309 g/mol. The molecule has 0 aliphatic rings. The summed E-state index contributed by atoms with van der Waals surface area (Å²) >= 11 is 12.2. The molecule has 0 saturated carbocycles. The molecule has 0 fully saturated rings. The van der Waals surface area contributed by atoms with Crippen LogP contribution in [0.25, 0.3) is 0 Å². The van der Waals surface area contributed by atoms with Crippen LogP contribution in [0.1, 0.15) is 18.5 Å². The maximum atomic E-state index is 10.9. The lowest BCUT2D eigenvalue weighted by Crippen LogP contribution is -2.19. The van der Waals surface area contributed by atoms with Crippen molar-refractivity contribution >= 4 is 40.6 Å². The van der Waals surface area contributed by atoms with E-state index in [9.17, 15) is 4.79 Å². The van der Waals surface area contributed by atoms with Crippen molar-refractivity contribution in [2.75, 3.05) is 10.6 Å². The fourth-order valence-electron chi connectivity index (χ4n) is 2.00. The van der Waals surface area contributed by atoms with Crippen LogP contribution in [0, 0.1) is 0 Å².